The monoisotopic (exact) mass is 313 g/mol. The molecule has 0 saturated carbocycles. The van der Waals surface area contributed by atoms with Crippen molar-refractivity contribution in [2.45, 2.75) is 28.7 Å². The predicted octanol–water partition coefficient (Wildman–Crippen LogP) is 3.08. The van der Waals surface area contributed by atoms with Gasteiger partial charge in [-0.1, -0.05) is 0 Å². The summed E-state index contributed by atoms with van der Waals surface area (Å²) in [7, 11) is 0. The van der Waals surface area contributed by atoms with Gasteiger partial charge in [0.25, 0.3) is 0 Å². The Morgan fingerprint density at radius 2 is 1.40 bits per heavy atom. The van der Waals surface area contributed by atoms with Gasteiger partial charge in [-0.25, -0.2) is 0 Å². The van der Waals surface area contributed by atoms with Crippen molar-refractivity contribution < 1.29 is 0 Å². The molecule has 84 valence electrons. The van der Waals surface area contributed by atoms with E-state index in [0.717, 1.165) is 13.1 Å². The average molecular weight is 312 g/mol. The van der Waals surface area contributed by atoms with E-state index in [1.807, 2.05) is 0 Å². The van der Waals surface area contributed by atoms with Crippen molar-refractivity contribution in [3.8, 4) is 0 Å². The van der Waals surface area contributed by atoms with Crippen LogP contribution in [0.25, 0.3) is 0 Å². The molecule has 0 spiro atoms. The van der Waals surface area contributed by atoms with E-state index in [9.17, 15) is 0 Å². The summed E-state index contributed by atoms with van der Waals surface area (Å²) < 4.78 is 1.61. The second-order valence-electron chi connectivity index (χ2n) is 4.97. The van der Waals surface area contributed by atoms with E-state index in [1.54, 1.807) is 3.58 Å². The summed E-state index contributed by atoms with van der Waals surface area (Å²) in [6.07, 6.45) is 0. The first-order chi connectivity index (χ1) is 6.99. The Hall–Kier alpha value is -0.181. The van der Waals surface area contributed by atoms with Crippen molar-refractivity contribution >= 4 is 27.6 Å². The van der Waals surface area contributed by atoms with Crippen molar-refractivity contribution in [1.29, 1.82) is 0 Å². The third-order valence-electron chi connectivity index (χ3n) is 2.86. The standard InChI is InChI=1S/C10H14N.3CH3.Sn/c1-3-11(4-2)10-8-6-5-7-9-10;;;;/h6-9H,3-4H2,1-2H3;3*1H3;. The van der Waals surface area contributed by atoms with Gasteiger partial charge in [-0.15, -0.1) is 0 Å². The SMILES string of the molecule is CCN(CC)c1cc[c]([Sn]([CH3])([CH3])[CH3])cc1. The second kappa shape index (κ2) is 5.24. The zero-order valence-electron chi connectivity index (χ0n) is 10.7. The van der Waals surface area contributed by atoms with Crippen LogP contribution < -0.4 is 8.48 Å². The van der Waals surface area contributed by atoms with E-state index < -0.39 is 18.4 Å². The summed E-state index contributed by atoms with van der Waals surface area (Å²) in [6.45, 7) is 6.60. The van der Waals surface area contributed by atoms with Gasteiger partial charge in [0, 0.05) is 0 Å². The molecule has 15 heavy (non-hydrogen) atoms. The Balaban J connectivity index is 2.89. The quantitative estimate of drug-likeness (QED) is 0.772. The van der Waals surface area contributed by atoms with Gasteiger partial charge in [0.2, 0.25) is 0 Å². The van der Waals surface area contributed by atoms with Gasteiger partial charge in [0.15, 0.2) is 0 Å². The zero-order valence-corrected chi connectivity index (χ0v) is 13.5. The van der Waals surface area contributed by atoms with Crippen LogP contribution in [0.1, 0.15) is 13.8 Å². The van der Waals surface area contributed by atoms with Gasteiger partial charge in [-0.3, -0.25) is 0 Å². The molecule has 1 aromatic carbocycles. The fourth-order valence-corrected chi connectivity index (χ4v) is 5.09. The average Bonchev–Trinajstić information content (AvgIpc) is 2.19. The van der Waals surface area contributed by atoms with Crippen LogP contribution in [-0.2, 0) is 0 Å². The van der Waals surface area contributed by atoms with Gasteiger partial charge < -0.3 is 0 Å². The molecule has 0 radical (unpaired) electrons. The van der Waals surface area contributed by atoms with Crippen LogP contribution in [0.15, 0.2) is 24.3 Å². The molecule has 1 aromatic rings. The van der Waals surface area contributed by atoms with E-state index >= 15 is 0 Å². The molecule has 0 unspecified atom stereocenters. The summed E-state index contributed by atoms with van der Waals surface area (Å²) in [4.78, 5) is 9.77. The van der Waals surface area contributed by atoms with Gasteiger partial charge in [-0.2, -0.15) is 0 Å². The van der Waals surface area contributed by atoms with Crippen LogP contribution in [0.5, 0.6) is 0 Å². The molecule has 0 aliphatic heterocycles. The van der Waals surface area contributed by atoms with Crippen LogP contribution in [0, 0.1) is 0 Å². The van der Waals surface area contributed by atoms with Crippen molar-refractivity contribution in [1.82, 2.24) is 0 Å². The molecule has 0 aliphatic carbocycles. The third kappa shape index (κ3) is 3.40. The van der Waals surface area contributed by atoms with Crippen LogP contribution >= 0.6 is 0 Å². The number of benzene rings is 1. The maximum absolute atomic E-state index is 2.46. The third-order valence-corrected chi connectivity index (χ3v) is 8.76. The van der Waals surface area contributed by atoms with Crippen molar-refractivity contribution in [3.63, 3.8) is 0 Å². The summed E-state index contributed by atoms with van der Waals surface area (Å²) >= 11 is -1.84. The topological polar surface area (TPSA) is 3.24 Å². The Morgan fingerprint density at radius 3 is 1.73 bits per heavy atom. The number of hydrogen-bond donors (Lipinski definition) is 0. The fraction of sp³-hybridized carbons (Fsp3) is 0.538. The zero-order chi connectivity index (χ0) is 11.5. The van der Waals surface area contributed by atoms with Gasteiger partial charge >= 0.3 is 98.6 Å². The summed E-state index contributed by atoms with van der Waals surface area (Å²) in [6, 6.07) is 9.24. The van der Waals surface area contributed by atoms with E-state index in [-0.39, 0.29) is 0 Å². The van der Waals surface area contributed by atoms with Gasteiger partial charge in [0.1, 0.15) is 0 Å². The number of nitrogens with zero attached hydrogens (tertiary/aromatic N) is 1. The Kier molecular flexibility index (Phi) is 4.50. The first-order valence-corrected chi connectivity index (χ1v) is 15.8. The molecule has 0 atom stereocenters. The molecule has 0 heterocycles. The van der Waals surface area contributed by atoms with E-state index in [1.165, 1.54) is 5.69 Å². The maximum atomic E-state index is 2.46. The molecule has 0 aromatic heterocycles. The molecule has 1 nitrogen and oxygen atoms in total. The molecular weight excluding hydrogens is 289 g/mol. The molecule has 0 aliphatic rings. The van der Waals surface area contributed by atoms with Crippen molar-refractivity contribution in [3.05, 3.63) is 24.3 Å². The minimum atomic E-state index is -1.84. The minimum absolute atomic E-state index is 1.09. The number of hydrogen-bond acceptors (Lipinski definition) is 1. The molecule has 2 heteroatoms. The van der Waals surface area contributed by atoms with Crippen LogP contribution in [-0.4, -0.2) is 31.5 Å². The first kappa shape index (κ1) is 12.9. The normalized spacial score (nSPS) is 11.5. The van der Waals surface area contributed by atoms with Gasteiger partial charge in [0.05, 0.1) is 0 Å². The molecular formula is C13H23NSn. The van der Waals surface area contributed by atoms with Crippen LogP contribution in [0.4, 0.5) is 5.69 Å². The molecule has 0 amide bonds. The van der Waals surface area contributed by atoms with Crippen molar-refractivity contribution in [2.75, 3.05) is 18.0 Å². The van der Waals surface area contributed by atoms with E-state index in [4.69, 9.17) is 0 Å². The van der Waals surface area contributed by atoms with Gasteiger partial charge in [-0.05, 0) is 0 Å². The molecule has 0 fully saturated rings. The summed E-state index contributed by atoms with van der Waals surface area (Å²) in [5.41, 5.74) is 1.36. The number of rotatable bonds is 4. The fourth-order valence-electron chi connectivity index (χ4n) is 1.76. The Bertz CT molecular complexity index is 293. The van der Waals surface area contributed by atoms with Crippen LogP contribution in [0.3, 0.4) is 0 Å². The first-order valence-electron chi connectivity index (χ1n) is 5.84. The second-order valence-corrected chi connectivity index (χ2v) is 19.5. The molecule has 1 rings (SSSR count). The van der Waals surface area contributed by atoms with Crippen molar-refractivity contribution in [2.24, 2.45) is 0 Å². The van der Waals surface area contributed by atoms with E-state index in [2.05, 4.69) is 57.8 Å². The van der Waals surface area contributed by atoms with E-state index in [0.29, 0.717) is 0 Å². The summed E-state index contributed by atoms with van der Waals surface area (Å²) in [5, 5.41) is 0. The summed E-state index contributed by atoms with van der Waals surface area (Å²) in [5.74, 6) is 0. The molecule has 0 saturated heterocycles. The molecule has 0 N–H and O–H groups in total. The Labute approximate surface area is 98.4 Å². The molecule has 0 bridgehead atoms. The number of anilines is 1. The van der Waals surface area contributed by atoms with Crippen LogP contribution in [0.2, 0.25) is 14.8 Å². The Morgan fingerprint density at radius 1 is 0.933 bits per heavy atom. The predicted molar refractivity (Wildman–Crippen MR) is 73.0 cm³/mol.